The maximum absolute atomic E-state index is 5.12. The van der Waals surface area contributed by atoms with Gasteiger partial charge in [-0.3, -0.25) is 0 Å². The monoisotopic (exact) mass is 502 g/mol. The molecule has 0 amide bonds. The van der Waals surface area contributed by atoms with Gasteiger partial charge in [-0.2, -0.15) is 0 Å². The molecule has 0 saturated carbocycles. The van der Waals surface area contributed by atoms with Crippen molar-refractivity contribution in [2.75, 3.05) is 0 Å². The molecule has 188 valence electrons. The fraction of sp³-hybridized carbons (Fsp3) is 0. The summed E-state index contributed by atoms with van der Waals surface area (Å²) in [6, 6.07) is 60.0. The quantitative estimate of drug-likeness (QED) is 0.188. The lowest BCUT2D eigenvalue weighted by molar-refractivity contribution is 0.616. The van der Waals surface area contributed by atoms with Gasteiger partial charge in [0.2, 0.25) is 0 Å². The van der Waals surface area contributed by atoms with Crippen molar-refractivity contribution in [1.29, 1.82) is 0 Å². The molecule has 0 aliphatic heterocycles. The van der Waals surface area contributed by atoms with Crippen LogP contribution in [0.1, 0.15) is 0 Å². The van der Waals surface area contributed by atoms with E-state index in [-0.39, 0.29) is 0 Å². The van der Waals surface area contributed by atoms with E-state index in [4.69, 9.17) is 4.42 Å². The summed E-state index contributed by atoms with van der Waals surface area (Å²) in [5, 5.41) is 9.08. The van der Waals surface area contributed by atoms with Crippen molar-refractivity contribution >= 4 is 43.3 Å². The molecule has 8 rings (SSSR count). The normalized spacial score (nSPS) is 10.1. The number of furan rings is 1. The van der Waals surface area contributed by atoms with E-state index >= 15 is 0 Å². The first kappa shape index (κ1) is 25.5. The number of hydrogen-bond acceptors (Lipinski definition) is 1. The fourth-order valence-electron chi connectivity index (χ4n) is 4.38. The van der Waals surface area contributed by atoms with Crippen molar-refractivity contribution in [2.45, 2.75) is 0 Å². The number of para-hydroxylation sites is 1. The summed E-state index contributed by atoms with van der Waals surface area (Å²) < 4.78 is 5.12. The van der Waals surface area contributed by atoms with Gasteiger partial charge in [-0.05, 0) is 44.5 Å². The van der Waals surface area contributed by atoms with Crippen molar-refractivity contribution in [3.63, 3.8) is 0 Å². The molecule has 0 bridgehead atoms. The van der Waals surface area contributed by atoms with Crippen LogP contribution in [-0.2, 0) is 0 Å². The third-order valence-corrected chi connectivity index (χ3v) is 6.34. The highest BCUT2D eigenvalue weighted by Crippen LogP contribution is 2.24. The van der Waals surface area contributed by atoms with Gasteiger partial charge in [0.25, 0.3) is 0 Å². The van der Waals surface area contributed by atoms with E-state index in [2.05, 4.69) is 109 Å². The minimum atomic E-state index is 0.956. The van der Waals surface area contributed by atoms with Crippen LogP contribution in [-0.4, -0.2) is 0 Å². The summed E-state index contributed by atoms with van der Waals surface area (Å²) in [5.41, 5.74) is 0.956. The molecule has 0 aliphatic rings. The number of fused-ring (bicyclic) bond motifs is 5. The summed E-state index contributed by atoms with van der Waals surface area (Å²) >= 11 is 0. The zero-order valence-electron chi connectivity index (χ0n) is 21.7. The number of rotatable bonds is 0. The summed E-state index contributed by atoms with van der Waals surface area (Å²) in [6.07, 6.45) is 1.70. The van der Waals surface area contributed by atoms with Crippen LogP contribution in [0.2, 0.25) is 0 Å². The lowest BCUT2D eigenvalue weighted by atomic mass is 10.0. The third-order valence-electron chi connectivity index (χ3n) is 6.34. The molecule has 0 unspecified atom stereocenters. The molecule has 0 radical (unpaired) electrons. The molecular formula is C38H30O. The van der Waals surface area contributed by atoms with Crippen LogP contribution < -0.4 is 0 Å². The molecule has 0 saturated heterocycles. The van der Waals surface area contributed by atoms with E-state index in [1.165, 1.54) is 32.3 Å². The molecule has 1 heteroatoms. The molecule has 0 N–H and O–H groups in total. The van der Waals surface area contributed by atoms with E-state index in [9.17, 15) is 0 Å². The first-order valence-corrected chi connectivity index (χ1v) is 13.1. The molecule has 0 fully saturated rings. The van der Waals surface area contributed by atoms with Gasteiger partial charge in [0, 0.05) is 5.39 Å². The Labute approximate surface area is 229 Å². The van der Waals surface area contributed by atoms with Crippen molar-refractivity contribution in [3.8, 4) is 0 Å². The Kier molecular flexibility index (Phi) is 8.78. The van der Waals surface area contributed by atoms with E-state index in [1.807, 2.05) is 66.7 Å². The van der Waals surface area contributed by atoms with E-state index < -0.39 is 0 Å². The third kappa shape index (κ3) is 7.00. The largest absolute Gasteiger partial charge is 0.464 e. The standard InChI is InChI=1S/C14H10.C10H8.C8H6O.C6H6/c1-3-7-13-11(5-1)9-10-12-6-2-4-8-14(12)13;1-2-6-10-8-4-3-7-9(10)5-1;1-2-4-8-7(3-1)5-6-9-8;1-2-4-6-5-3-1/h1-10H;1-8H;1-6H;1-6H. The highest BCUT2D eigenvalue weighted by atomic mass is 16.3. The molecule has 0 atom stereocenters. The highest BCUT2D eigenvalue weighted by molar-refractivity contribution is 6.07. The molecule has 7 aromatic carbocycles. The Morgan fingerprint density at radius 2 is 0.615 bits per heavy atom. The molecular weight excluding hydrogens is 472 g/mol. The van der Waals surface area contributed by atoms with Gasteiger partial charge in [-0.1, -0.05) is 164 Å². The van der Waals surface area contributed by atoms with Crippen LogP contribution in [0.5, 0.6) is 0 Å². The Balaban J connectivity index is 0.000000110. The second-order valence-corrected chi connectivity index (χ2v) is 8.97. The lowest BCUT2D eigenvalue weighted by Crippen LogP contribution is -1.75. The minimum absolute atomic E-state index is 0.956. The van der Waals surface area contributed by atoms with Crippen LogP contribution in [0.4, 0.5) is 0 Å². The summed E-state index contributed by atoms with van der Waals surface area (Å²) in [5.74, 6) is 0. The molecule has 0 spiro atoms. The van der Waals surface area contributed by atoms with E-state index in [0.29, 0.717) is 0 Å². The van der Waals surface area contributed by atoms with Crippen molar-refractivity contribution < 1.29 is 4.42 Å². The predicted octanol–water partition coefficient (Wildman–Crippen LogP) is 11.0. The van der Waals surface area contributed by atoms with Gasteiger partial charge in [-0.25, -0.2) is 0 Å². The Morgan fingerprint density at radius 1 is 0.256 bits per heavy atom. The van der Waals surface area contributed by atoms with Crippen LogP contribution in [0.15, 0.2) is 187 Å². The Morgan fingerprint density at radius 3 is 1.05 bits per heavy atom. The predicted molar refractivity (Wildman–Crippen MR) is 168 cm³/mol. The van der Waals surface area contributed by atoms with Crippen molar-refractivity contribution in [3.05, 3.63) is 182 Å². The first-order valence-electron chi connectivity index (χ1n) is 13.1. The number of benzene rings is 7. The highest BCUT2D eigenvalue weighted by Gasteiger charge is 1.97. The van der Waals surface area contributed by atoms with Gasteiger partial charge >= 0.3 is 0 Å². The lowest BCUT2D eigenvalue weighted by Gasteiger charge is -2.02. The van der Waals surface area contributed by atoms with Crippen LogP contribution in [0, 0.1) is 0 Å². The molecule has 0 aliphatic carbocycles. The zero-order valence-corrected chi connectivity index (χ0v) is 21.7. The summed E-state index contributed by atoms with van der Waals surface area (Å²) in [6.45, 7) is 0. The second kappa shape index (κ2) is 13.4. The van der Waals surface area contributed by atoms with Crippen molar-refractivity contribution in [2.24, 2.45) is 0 Å². The van der Waals surface area contributed by atoms with Gasteiger partial charge in [0.05, 0.1) is 6.26 Å². The topological polar surface area (TPSA) is 13.1 Å². The van der Waals surface area contributed by atoms with Gasteiger partial charge in [-0.15, -0.1) is 0 Å². The maximum Gasteiger partial charge on any atom is 0.133 e. The molecule has 39 heavy (non-hydrogen) atoms. The zero-order chi connectivity index (χ0) is 26.5. The smallest absolute Gasteiger partial charge is 0.133 e. The molecule has 1 aromatic heterocycles. The second-order valence-electron chi connectivity index (χ2n) is 8.97. The van der Waals surface area contributed by atoms with Gasteiger partial charge in [0.1, 0.15) is 5.58 Å². The Hall–Kier alpha value is -5.14. The minimum Gasteiger partial charge on any atom is -0.464 e. The fourth-order valence-corrected chi connectivity index (χ4v) is 4.38. The van der Waals surface area contributed by atoms with Gasteiger partial charge < -0.3 is 4.42 Å². The average Bonchev–Trinajstić information content (AvgIpc) is 3.52. The molecule has 1 nitrogen and oxygen atoms in total. The van der Waals surface area contributed by atoms with E-state index in [1.54, 1.807) is 6.26 Å². The van der Waals surface area contributed by atoms with E-state index in [0.717, 1.165) is 11.0 Å². The van der Waals surface area contributed by atoms with Crippen LogP contribution in [0.3, 0.4) is 0 Å². The first-order chi connectivity index (χ1) is 19.4. The average molecular weight is 503 g/mol. The van der Waals surface area contributed by atoms with Crippen molar-refractivity contribution in [1.82, 2.24) is 0 Å². The Bertz CT molecular complexity index is 1690. The number of hydrogen-bond donors (Lipinski definition) is 0. The van der Waals surface area contributed by atoms with Gasteiger partial charge in [0.15, 0.2) is 0 Å². The summed E-state index contributed by atoms with van der Waals surface area (Å²) in [4.78, 5) is 0. The van der Waals surface area contributed by atoms with Crippen LogP contribution in [0.25, 0.3) is 43.3 Å². The molecule has 8 aromatic rings. The van der Waals surface area contributed by atoms with Crippen LogP contribution >= 0.6 is 0 Å². The summed E-state index contributed by atoms with van der Waals surface area (Å²) in [7, 11) is 0. The SMILES string of the molecule is c1ccc2c(c1)ccc1ccccc12.c1ccc2ccccc2c1.c1ccc2occc2c1.c1ccccc1. The maximum atomic E-state index is 5.12. The molecule has 1 heterocycles.